The molecule has 2 amide bonds. The van der Waals surface area contributed by atoms with E-state index in [0.29, 0.717) is 29.5 Å². The van der Waals surface area contributed by atoms with Crippen LogP contribution in [0.4, 0.5) is 17.6 Å². The van der Waals surface area contributed by atoms with E-state index in [-0.39, 0.29) is 52.7 Å². The van der Waals surface area contributed by atoms with E-state index in [1.165, 1.54) is 38.3 Å². The van der Waals surface area contributed by atoms with E-state index in [1.807, 2.05) is 96.1 Å². The van der Waals surface area contributed by atoms with Crippen LogP contribution >= 0.6 is 23.5 Å². The number of benzene rings is 6. The number of hydrazone groups is 2. The molecular formula is C64H70F4N6O6S2. The van der Waals surface area contributed by atoms with Crippen LogP contribution in [0.5, 0.6) is 0 Å². The molecule has 12 nitrogen and oxygen atoms in total. The van der Waals surface area contributed by atoms with E-state index in [1.54, 1.807) is 30.3 Å². The summed E-state index contributed by atoms with van der Waals surface area (Å²) in [6, 6.07) is 31.5. The van der Waals surface area contributed by atoms with Crippen LogP contribution in [0.1, 0.15) is 112 Å². The molecule has 6 aromatic rings. The van der Waals surface area contributed by atoms with Crippen LogP contribution in [0.3, 0.4) is 0 Å². The summed E-state index contributed by atoms with van der Waals surface area (Å²) in [7, 11) is 3.96. The third-order valence-electron chi connectivity index (χ3n) is 16.0. The summed E-state index contributed by atoms with van der Waals surface area (Å²) in [4.78, 5) is 46.5. The van der Waals surface area contributed by atoms with Gasteiger partial charge in [0.2, 0.25) is 0 Å². The molecule has 4 N–H and O–H groups in total. The fourth-order valence-corrected chi connectivity index (χ4v) is 13.7. The summed E-state index contributed by atoms with van der Waals surface area (Å²) in [6.07, 6.45) is -0.196. The van der Waals surface area contributed by atoms with Crippen molar-refractivity contribution >= 4 is 51.2 Å². The largest absolute Gasteiger partial charge is 0.371 e. The van der Waals surface area contributed by atoms with Gasteiger partial charge in [-0.3, -0.25) is 14.4 Å². The molecule has 2 heterocycles. The number of carbonyl (C=O) groups excluding carboxylic acids is 3. The Bertz CT molecular complexity index is 3490. The topological polar surface area (TPSA) is 162 Å². The number of hydrogen-bond donors (Lipinski definition) is 2. The lowest BCUT2D eigenvalue weighted by atomic mass is 9.75. The Labute approximate surface area is 486 Å². The lowest BCUT2D eigenvalue weighted by Crippen LogP contribution is -2.58. The fraction of sp³-hybridized carbons (Fsp3) is 0.359. The van der Waals surface area contributed by atoms with Crippen molar-refractivity contribution in [1.82, 2.24) is 10.0 Å². The number of amides is 2. The quantitative estimate of drug-likeness (QED) is 0.0626. The molecule has 0 saturated carbocycles. The van der Waals surface area contributed by atoms with E-state index >= 15 is 31.9 Å². The van der Waals surface area contributed by atoms with E-state index in [2.05, 4.69) is 0 Å². The van der Waals surface area contributed by atoms with Gasteiger partial charge in [-0.1, -0.05) is 120 Å². The number of halogens is 4. The van der Waals surface area contributed by atoms with Gasteiger partial charge in [-0.2, -0.15) is 10.2 Å². The number of Topliss-reactive ketones (excluding diaryl/α,β-unsaturated/α-hetero) is 1. The molecule has 4 unspecified atom stereocenters. The van der Waals surface area contributed by atoms with Crippen LogP contribution in [0, 0.1) is 64.8 Å². The van der Waals surface area contributed by atoms with Gasteiger partial charge in [0.05, 0.1) is 6.42 Å². The highest BCUT2D eigenvalue weighted by atomic mass is 32.2. The summed E-state index contributed by atoms with van der Waals surface area (Å²) in [5.41, 5.74) is 12.5. The lowest BCUT2D eigenvalue weighted by molar-refractivity contribution is -0.178. The first kappa shape index (κ1) is 61.6. The maximum Gasteiger partial charge on any atom is 0.281 e. The lowest BCUT2D eigenvalue weighted by Gasteiger charge is -2.45. The molecule has 0 bridgehead atoms. The molecule has 0 spiro atoms. The number of carbonyl (C=O) groups is 3. The fourth-order valence-electron chi connectivity index (χ4n) is 10.8. The van der Waals surface area contributed by atoms with Crippen molar-refractivity contribution in [3.8, 4) is 0 Å². The van der Waals surface area contributed by atoms with Gasteiger partial charge in [-0.15, -0.1) is 0 Å². The van der Waals surface area contributed by atoms with Crippen molar-refractivity contribution in [1.29, 1.82) is 0 Å². The molecule has 2 aliphatic rings. The molecule has 2 aliphatic heterocycles. The van der Waals surface area contributed by atoms with Crippen LogP contribution in [0.15, 0.2) is 132 Å². The zero-order chi connectivity index (χ0) is 59.5. The smallest absolute Gasteiger partial charge is 0.281 e. The second kappa shape index (κ2) is 24.8. The van der Waals surface area contributed by atoms with Crippen molar-refractivity contribution in [3.63, 3.8) is 0 Å². The number of hydrogen-bond acceptors (Lipinski definition) is 12. The van der Waals surface area contributed by atoms with Crippen LogP contribution in [0.2, 0.25) is 0 Å². The number of methoxy groups -OCH3 is 3. The Morgan fingerprint density at radius 3 is 1.50 bits per heavy atom. The zero-order valence-corrected chi connectivity index (χ0v) is 49.6. The van der Waals surface area contributed by atoms with Gasteiger partial charge in [0.1, 0.15) is 48.7 Å². The highest BCUT2D eigenvalue weighted by molar-refractivity contribution is 8.15. The Balaban J connectivity index is 1.33. The number of nitrogens with zero attached hydrogens (tertiary/aromatic N) is 4. The SMILES string of the molecule is COC(CC(=O)[C@@](C)(CC(OC)(C(=O)N1N=C(c2cc(F)ccc2F)SC1(CCCN)c1cccc(C)c1)c1cccc(C)c1)OC)(C(=O)N1N=C(c2cc(F)ccc2F)SC1(CCCN)c1ccc(C)c(C)c1)c1ccc(C)c(C)c1. The molecular weight excluding hydrogens is 1090 g/mol. The number of thioether (sulfide) groups is 2. The first-order chi connectivity index (χ1) is 39.0. The maximum absolute atomic E-state index is 16.6. The molecule has 432 valence electrons. The van der Waals surface area contributed by atoms with E-state index in [0.717, 1.165) is 93.3 Å². The maximum atomic E-state index is 16.6. The predicted octanol–water partition coefficient (Wildman–Crippen LogP) is 12.3. The Morgan fingerprint density at radius 1 is 0.549 bits per heavy atom. The van der Waals surface area contributed by atoms with Crippen molar-refractivity contribution in [3.05, 3.63) is 211 Å². The van der Waals surface area contributed by atoms with Gasteiger partial charge in [-0.05, 0) is 168 Å². The van der Waals surface area contributed by atoms with Gasteiger partial charge in [0.15, 0.2) is 17.0 Å². The molecule has 0 radical (unpaired) electrons. The van der Waals surface area contributed by atoms with E-state index < -0.39 is 80.3 Å². The highest BCUT2D eigenvalue weighted by Crippen LogP contribution is 2.56. The van der Waals surface area contributed by atoms with Crippen molar-refractivity contribution in [2.75, 3.05) is 34.4 Å². The van der Waals surface area contributed by atoms with Gasteiger partial charge in [0.25, 0.3) is 11.8 Å². The third-order valence-corrected chi connectivity index (χ3v) is 18.9. The first-order valence-corrected chi connectivity index (χ1v) is 28.7. The summed E-state index contributed by atoms with van der Waals surface area (Å²) in [5.74, 6) is -5.31. The Hall–Kier alpha value is -6.51. The summed E-state index contributed by atoms with van der Waals surface area (Å²) in [5, 5.41) is 12.3. The minimum Gasteiger partial charge on any atom is -0.371 e. The number of rotatable bonds is 22. The molecule has 0 aromatic heterocycles. The van der Waals surface area contributed by atoms with Crippen molar-refractivity contribution in [2.24, 2.45) is 21.7 Å². The summed E-state index contributed by atoms with van der Waals surface area (Å²) >= 11 is 2.15. The van der Waals surface area contributed by atoms with Gasteiger partial charge in [0, 0.05) is 38.9 Å². The third kappa shape index (κ3) is 11.5. The first-order valence-electron chi connectivity index (χ1n) is 27.0. The minimum atomic E-state index is -2.24. The molecule has 18 heteroatoms. The second-order valence-corrected chi connectivity index (χ2v) is 24.0. The molecule has 6 aromatic carbocycles. The highest BCUT2D eigenvalue weighted by Gasteiger charge is 2.61. The number of nitrogens with two attached hydrogens (primary N) is 2. The second-order valence-electron chi connectivity index (χ2n) is 21.5. The molecule has 8 rings (SSSR count). The number of ether oxygens (including phenoxy) is 3. The average molecular weight is 1160 g/mol. The standard InChI is InChI=1S/C64H70F4N6O6S2/c1-39-15-11-17-45(31-39)62(80-10,59(77)74-63(27-13-29-69,47-18-12-16-40(2)32-47)81-57(72-74)52-36-50(66)24-26-54(52)68)38-60(7,78-8)55(75)37-61(79-9,46-21-19-41(3)43(5)33-46)58(76)73-64(28-14-30-70,48-22-20-42(4)44(6)34-48)82-56(71-73)51-35-49(65)23-25-53(51)67/h11-12,15-26,31-36H,13-14,27-30,37-38,69-70H2,1-10H3/t60-,61?,62?,63?,64?/m1/s1. The number of aryl methyl sites for hydroxylation is 6. The van der Waals surface area contributed by atoms with Crippen molar-refractivity contribution in [2.45, 2.75) is 114 Å². The molecule has 0 fully saturated rings. The monoisotopic (exact) mass is 1160 g/mol. The van der Waals surface area contributed by atoms with Gasteiger partial charge in [-0.25, -0.2) is 27.6 Å². The molecule has 0 saturated heterocycles. The number of ketones is 1. The predicted molar refractivity (Wildman–Crippen MR) is 316 cm³/mol. The molecule has 82 heavy (non-hydrogen) atoms. The van der Waals surface area contributed by atoms with Gasteiger partial charge >= 0.3 is 0 Å². The zero-order valence-electron chi connectivity index (χ0n) is 47.9. The van der Waals surface area contributed by atoms with Gasteiger partial charge < -0.3 is 25.7 Å². The minimum absolute atomic E-state index is 0.000442. The van der Waals surface area contributed by atoms with E-state index in [9.17, 15) is 0 Å². The Kier molecular flexibility index (Phi) is 18.6. The summed E-state index contributed by atoms with van der Waals surface area (Å²) in [6.45, 7) is 13.3. The van der Waals surface area contributed by atoms with Crippen LogP contribution in [-0.4, -0.2) is 77.7 Å². The molecule has 5 atom stereocenters. The van der Waals surface area contributed by atoms with Crippen LogP contribution in [0.25, 0.3) is 0 Å². The molecule has 0 aliphatic carbocycles. The van der Waals surface area contributed by atoms with Crippen LogP contribution in [-0.2, 0) is 49.5 Å². The summed E-state index contributed by atoms with van der Waals surface area (Å²) < 4.78 is 81.7. The normalized spacial score (nSPS) is 19.3. The van der Waals surface area contributed by atoms with E-state index in [4.69, 9.17) is 35.9 Å². The average Bonchev–Trinajstić information content (AvgIpc) is 2.53. The Morgan fingerprint density at radius 2 is 1.02 bits per heavy atom. The van der Waals surface area contributed by atoms with Crippen molar-refractivity contribution < 1.29 is 46.2 Å². The van der Waals surface area contributed by atoms with Crippen LogP contribution < -0.4 is 11.5 Å².